The Bertz CT molecular complexity index is 745. The van der Waals surface area contributed by atoms with Crippen LogP contribution >= 0.6 is 0 Å². The maximum atomic E-state index is 10.6. The zero-order valence-corrected chi connectivity index (χ0v) is 10.8. The van der Waals surface area contributed by atoms with Crippen molar-refractivity contribution in [3.63, 3.8) is 0 Å². The van der Waals surface area contributed by atoms with E-state index in [1.54, 1.807) is 0 Å². The molecule has 0 radical (unpaired) electrons. The van der Waals surface area contributed by atoms with Crippen molar-refractivity contribution in [1.29, 1.82) is 0 Å². The third-order valence-electron chi connectivity index (χ3n) is 3.15. The number of anilines is 2. The number of benzene rings is 2. The molecule has 0 spiro atoms. The van der Waals surface area contributed by atoms with E-state index in [0.717, 1.165) is 27.8 Å². The fraction of sp³-hybridized carbons (Fsp3) is 0.0625. The van der Waals surface area contributed by atoms with Crippen LogP contribution in [0.5, 0.6) is 0 Å². The summed E-state index contributed by atoms with van der Waals surface area (Å²) in [6.07, 6.45) is 1.96. The Morgan fingerprint density at radius 3 is 2.55 bits per heavy atom. The number of H-pyrrole nitrogens is 1. The first kappa shape index (κ1) is 12.3. The molecule has 0 saturated heterocycles. The lowest BCUT2D eigenvalue weighted by Gasteiger charge is -2.07. The monoisotopic (exact) mass is 266 g/mol. The number of carboxylic acids is 1. The number of hydrogen-bond donors (Lipinski definition) is 3. The normalized spacial score (nSPS) is 10.6. The molecule has 0 atom stereocenters. The van der Waals surface area contributed by atoms with E-state index in [0.29, 0.717) is 0 Å². The van der Waals surface area contributed by atoms with Gasteiger partial charge in [-0.2, -0.15) is 0 Å². The average molecular weight is 266 g/mol. The van der Waals surface area contributed by atoms with E-state index < -0.39 is 5.97 Å². The molecule has 0 aliphatic carbocycles. The first-order chi connectivity index (χ1) is 9.70. The standard InChI is InChI=1S/C16H14N2O2/c19-16(20)9-11-1-3-13(4-2-11)18-14-5-6-15-12(10-14)7-8-17-15/h1-8,10,17-18H,9H2,(H,19,20). The molecule has 20 heavy (non-hydrogen) atoms. The molecule has 2 aromatic carbocycles. The van der Waals surface area contributed by atoms with Crippen LogP contribution < -0.4 is 5.32 Å². The summed E-state index contributed by atoms with van der Waals surface area (Å²) in [6.45, 7) is 0. The molecular weight excluding hydrogens is 252 g/mol. The maximum absolute atomic E-state index is 10.6. The van der Waals surface area contributed by atoms with E-state index in [4.69, 9.17) is 5.11 Å². The van der Waals surface area contributed by atoms with Crippen LogP contribution in [0.2, 0.25) is 0 Å². The van der Waals surface area contributed by atoms with Crippen LogP contribution in [-0.4, -0.2) is 16.1 Å². The molecule has 100 valence electrons. The second-order valence-electron chi connectivity index (χ2n) is 4.67. The van der Waals surface area contributed by atoms with Gasteiger partial charge in [-0.3, -0.25) is 4.79 Å². The van der Waals surface area contributed by atoms with Crippen molar-refractivity contribution in [2.45, 2.75) is 6.42 Å². The van der Waals surface area contributed by atoms with Gasteiger partial charge < -0.3 is 15.4 Å². The van der Waals surface area contributed by atoms with Crippen LogP contribution in [0, 0.1) is 0 Å². The summed E-state index contributed by atoms with van der Waals surface area (Å²) in [6, 6.07) is 15.5. The lowest BCUT2D eigenvalue weighted by atomic mass is 10.1. The molecule has 0 amide bonds. The van der Waals surface area contributed by atoms with Crippen LogP contribution in [0.15, 0.2) is 54.7 Å². The number of fused-ring (bicyclic) bond motifs is 1. The van der Waals surface area contributed by atoms with Crippen LogP contribution in [-0.2, 0) is 11.2 Å². The molecule has 4 nitrogen and oxygen atoms in total. The summed E-state index contributed by atoms with van der Waals surface area (Å²) in [4.78, 5) is 13.8. The smallest absolute Gasteiger partial charge is 0.307 e. The second kappa shape index (κ2) is 5.09. The number of carbonyl (C=O) groups is 1. The van der Waals surface area contributed by atoms with E-state index >= 15 is 0 Å². The van der Waals surface area contributed by atoms with E-state index in [1.165, 1.54) is 0 Å². The van der Waals surface area contributed by atoms with E-state index in [2.05, 4.69) is 16.4 Å². The molecular formula is C16H14N2O2. The number of aliphatic carboxylic acids is 1. The summed E-state index contributed by atoms with van der Waals surface area (Å²) in [7, 11) is 0. The highest BCUT2D eigenvalue weighted by molar-refractivity contribution is 5.84. The van der Waals surface area contributed by atoms with Crippen molar-refractivity contribution in [2.75, 3.05) is 5.32 Å². The molecule has 0 fully saturated rings. The van der Waals surface area contributed by atoms with Crippen molar-refractivity contribution in [3.05, 3.63) is 60.3 Å². The van der Waals surface area contributed by atoms with Crippen molar-refractivity contribution < 1.29 is 9.90 Å². The minimum Gasteiger partial charge on any atom is -0.481 e. The number of carboxylic acid groups (broad SMARTS) is 1. The SMILES string of the molecule is O=C(O)Cc1ccc(Nc2ccc3[nH]ccc3c2)cc1. The molecule has 1 aromatic heterocycles. The largest absolute Gasteiger partial charge is 0.481 e. The first-order valence-corrected chi connectivity index (χ1v) is 6.35. The fourth-order valence-corrected chi connectivity index (χ4v) is 2.18. The van der Waals surface area contributed by atoms with Gasteiger partial charge in [-0.15, -0.1) is 0 Å². The Labute approximate surface area is 116 Å². The highest BCUT2D eigenvalue weighted by Crippen LogP contribution is 2.22. The molecule has 0 bridgehead atoms. The quantitative estimate of drug-likeness (QED) is 0.676. The van der Waals surface area contributed by atoms with Gasteiger partial charge in [0.05, 0.1) is 6.42 Å². The van der Waals surface area contributed by atoms with E-state index in [9.17, 15) is 4.79 Å². The minimum atomic E-state index is -0.816. The molecule has 0 aliphatic heterocycles. The molecule has 0 unspecified atom stereocenters. The average Bonchev–Trinajstić information content (AvgIpc) is 2.88. The van der Waals surface area contributed by atoms with Crippen LogP contribution in [0.1, 0.15) is 5.56 Å². The predicted molar refractivity (Wildman–Crippen MR) is 79.4 cm³/mol. The van der Waals surface area contributed by atoms with Gasteiger partial charge in [0.2, 0.25) is 0 Å². The van der Waals surface area contributed by atoms with Crippen LogP contribution in [0.25, 0.3) is 10.9 Å². The van der Waals surface area contributed by atoms with Crippen molar-refractivity contribution in [3.8, 4) is 0 Å². The minimum absolute atomic E-state index is 0.0512. The molecule has 3 N–H and O–H groups in total. The van der Waals surface area contributed by atoms with Gasteiger partial charge >= 0.3 is 5.97 Å². The Kier molecular flexibility index (Phi) is 3.13. The molecule has 0 aliphatic rings. The number of hydrogen-bond acceptors (Lipinski definition) is 2. The van der Waals surface area contributed by atoms with Gasteiger partial charge in [0, 0.05) is 28.5 Å². The Morgan fingerprint density at radius 1 is 1.05 bits per heavy atom. The van der Waals surface area contributed by atoms with Crippen molar-refractivity contribution >= 4 is 28.2 Å². The fourth-order valence-electron chi connectivity index (χ4n) is 2.18. The van der Waals surface area contributed by atoms with Gasteiger partial charge in [-0.1, -0.05) is 12.1 Å². The maximum Gasteiger partial charge on any atom is 0.307 e. The Hall–Kier alpha value is -2.75. The van der Waals surface area contributed by atoms with E-state index in [1.807, 2.05) is 48.7 Å². The van der Waals surface area contributed by atoms with Crippen molar-refractivity contribution in [2.24, 2.45) is 0 Å². The summed E-state index contributed by atoms with van der Waals surface area (Å²) < 4.78 is 0. The van der Waals surface area contributed by atoms with Gasteiger partial charge in [0.1, 0.15) is 0 Å². The highest BCUT2D eigenvalue weighted by atomic mass is 16.4. The summed E-state index contributed by atoms with van der Waals surface area (Å²) in [5, 5.41) is 13.2. The number of nitrogens with one attached hydrogen (secondary N) is 2. The Morgan fingerprint density at radius 2 is 1.80 bits per heavy atom. The topological polar surface area (TPSA) is 65.1 Å². The van der Waals surface area contributed by atoms with Gasteiger partial charge in [-0.05, 0) is 42.0 Å². The molecule has 3 rings (SSSR count). The molecule has 3 aromatic rings. The van der Waals surface area contributed by atoms with Crippen molar-refractivity contribution in [1.82, 2.24) is 4.98 Å². The summed E-state index contributed by atoms with van der Waals surface area (Å²) in [5.74, 6) is -0.816. The van der Waals surface area contributed by atoms with E-state index in [-0.39, 0.29) is 6.42 Å². The zero-order valence-electron chi connectivity index (χ0n) is 10.8. The highest BCUT2D eigenvalue weighted by Gasteiger charge is 2.01. The van der Waals surface area contributed by atoms with Gasteiger partial charge in [0.15, 0.2) is 0 Å². The number of aromatic nitrogens is 1. The van der Waals surface area contributed by atoms with Crippen LogP contribution in [0.4, 0.5) is 11.4 Å². The predicted octanol–water partition coefficient (Wildman–Crippen LogP) is 3.54. The van der Waals surface area contributed by atoms with Gasteiger partial charge in [0.25, 0.3) is 0 Å². The Balaban J connectivity index is 1.78. The lowest BCUT2D eigenvalue weighted by Crippen LogP contribution is -1.99. The number of rotatable bonds is 4. The second-order valence-corrected chi connectivity index (χ2v) is 4.67. The summed E-state index contributed by atoms with van der Waals surface area (Å²) >= 11 is 0. The molecule has 1 heterocycles. The lowest BCUT2D eigenvalue weighted by molar-refractivity contribution is -0.136. The van der Waals surface area contributed by atoms with Gasteiger partial charge in [-0.25, -0.2) is 0 Å². The molecule has 4 heteroatoms. The molecule has 0 saturated carbocycles. The summed E-state index contributed by atoms with van der Waals surface area (Å²) in [5.41, 5.74) is 3.84. The third-order valence-corrected chi connectivity index (χ3v) is 3.15. The zero-order chi connectivity index (χ0) is 13.9. The third kappa shape index (κ3) is 2.64. The first-order valence-electron chi connectivity index (χ1n) is 6.35. The van der Waals surface area contributed by atoms with Crippen LogP contribution in [0.3, 0.4) is 0 Å². The number of aromatic amines is 1.